The second kappa shape index (κ2) is 6.45. The summed E-state index contributed by atoms with van der Waals surface area (Å²) in [6, 6.07) is 9.15. The summed E-state index contributed by atoms with van der Waals surface area (Å²) in [5.41, 5.74) is 1.08. The predicted molar refractivity (Wildman–Crippen MR) is 90.2 cm³/mol. The third-order valence-corrected chi connectivity index (χ3v) is 4.68. The molecule has 0 aliphatic rings. The van der Waals surface area contributed by atoms with E-state index in [-0.39, 0.29) is 5.56 Å². The number of rotatable bonds is 3. The van der Waals surface area contributed by atoms with Crippen LogP contribution in [0.3, 0.4) is 0 Å². The van der Waals surface area contributed by atoms with Gasteiger partial charge in [-0.3, -0.25) is 4.79 Å². The van der Waals surface area contributed by atoms with Crippen LogP contribution < -0.4 is 14.3 Å². The second-order valence-corrected chi connectivity index (χ2v) is 6.05. The molecule has 5 nitrogen and oxygen atoms in total. The Hall–Kier alpha value is -2.67. The molecule has 0 saturated carbocycles. The van der Waals surface area contributed by atoms with Crippen LogP contribution in [0.1, 0.15) is 10.4 Å². The highest BCUT2D eigenvalue weighted by Gasteiger charge is 2.12. The van der Waals surface area contributed by atoms with Crippen LogP contribution in [-0.4, -0.2) is 24.7 Å². The lowest BCUT2D eigenvalue weighted by atomic mass is 10.2. The van der Waals surface area contributed by atoms with Crippen LogP contribution >= 0.6 is 11.3 Å². The van der Waals surface area contributed by atoms with Gasteiger partial charge in [0.2, 0.25) is 0 Å². The molecule has 0 N–H and O–H groups in total. The molecule has 3 rings (SSSR count). The smallest absolute Gasteiger partial charge is 0.279 e. The van der Waals surface area contributed by atoms with Crippen molar-refractivity contribution in [2.75, 3.05) is 14.2 Å². The Morgan fingerprint density at radius 2 is 1.88 bits per heavy atom. The minimum absolute atomic E-state index is 0.211. The Bertz CT molecular complexity index is 991. The van der Waals surface area contributed by atoms with E-state index in [2.05, 4.69) is 4.99 Å². The van der Waals surface area contributed by atoms with Crippen molar-refractivity contribution < 1.29 is 18.7 Å². The Morgan fingerprint density at radius 1 is 1.17 bits per heavy atom. The number of carbonyl (C=O) groups excluding carboxylic acids is 1. The van der Waals surface area contributed by atoms with Crippen molar-refractivity contribution in [2.45, 2.75) is 0 Å². The molecule has 0 radical (unpaired) electrons. The van der Waals surface area contributed by atoms with Crippen molar-refractivity contribution in [1.82, 2.24) is 4.57 Å². The average molecular weight is 346 g/mol. The Balaban J connectivity index is 2.12. The molecule has 124 valence electrons. The van der Waals surface area contributed by atoms with Gasteiger partial charge < -0.3 is 14.0 Å². The molecule has 0 aliphatic carbocycles. The first-order chi connectivity index (χ1) is 11.5. The van der Waals surface area contributed by atoms with Gasteiger partial charge in [0, 0.05) is 24.7 Å². The van der Waals surface area contributed by atoms with Crippen LogP contribution in [-0.2, 0) is 7.05 Å². The molecule has 3 aromatic rings. The summed E-state index contributed by atoms with van der Waals surface area (Å²) in [5.74, 6) is 0.248. The molecular weight excluding hydrogens is 331 g/mol. The molecule has 0 aliphatic heterocycles. The van der Waals surface area contributed by atoms with E-state index in [4.69, 9.17) is 9.47 Å². The number of carbonyl (C=O) groups is 1. The number of aromatic nitrogens is 1. The monoisotopic (exact) mass is 346 g/mol. The van der Waals surface area contributed by atoms with E-state index < -0.39 is 11.7 Å². The number of ether oxygens (including phenoxy) is 2. The van der Waals surface area contributed by atoms with Gasteiger partial charge in [-0.15, -0.1) is 0 Å². The summed E-state index contributed by atoms with van der Waals surface area (Å²) in [6.45, 7) is 0. The van der Waals surface area contributed by atoms with Crippen molar-refractivity contribution in [1.29, 1.82) is 0 Å². The maximum Gasteiger partial charge on any atom is 0.279 e. The molecule has 0 bridgehead atoms. The first kappa shape index (κ1) is 16.2. The zero-order valence-electron chi connectivity index (χ0n) is 13.4. The number of hydrogen-bond acceptors (Lipinski definition) is 4. The lowest BCUT2D eigenvalue weighted by Gasteiger charge is -2.07. The maximum atomic E-state index is 13.3. The number of fused-ring (bicyclic) bond motifs is 1. The molecule has 1 amide bonds. The Labute approximate surface area is 141 Å². The largest absolute Gasteiger partial charge is 0.493 e. The Morgan fingerprint density at radius 3 is 2.54 bits per heavy atom. The number of methoxy groups -OCH3 is 2. The van der Waals surface area contributed by atoms with Gasteiger partial charge in [-0.2, -0.15) is 4.99 Å². The van der Waals surface area contributed by atoms with E-state index in [1.54, 1.807) is 18.8 Å². The van der Waals surface area contributed by atoms with Crippen LogP contribution in [0, 0.1) is 5.82 Å². The third kappa shape index (κ3) is 2.90. The van der Waals surface area contributed by atoms with Crippen LogP contribution in [0.15, 0.2) is 41.4 Å². The van der Waals surface area contributed by atoms with Crippen LogP contribution in [0.4, 0.5) is 4.39 Å². The highest BCUT2D eigenvalue weighted by molar-refractivity contribution is 7.16. The standard InChI is InChI=1S/C17H15FN2O3S/c1-20-12-8-13(22-2)14(23-3)9-15(12)24-17(20)19-16(21)10-5-4-6-11(18)7-10/h4-9H,1-3H3. The number of amides is 1. The van der Waals surface area contributed by atoms with Gasteiger partial charge >= 0.3 is 0 Å². The average Bonchev–Trinajstić information content (AvgIpc) is 2.88. The van der Waals surface area contributed by atoms with Crippen molar-refractivity contribution >= 4 is 27.5 Å². The first-order valence-corrected chi connectivity index (χ1v) is 7.91. The lowest BCUT2D eigenvalue weighted by Crippen LogP contribution is -2.13. The normalized spacial score (nSPS) is 11.8. The summed E-state index contributed by atoms with van der Waals surface area (Å²) in [5, 5.41) is 0. The number of hydrogen-bond donors (Lipinski definition) is 0. The van der Waals surface area contributed by atoms with E-state index in [0.29, 0.717) is 16.3 Å². The zero-order chi connectivity index (χ0) is 17.3. The van der Waals surface area contributed by atoms with Crippen molar-refractivity contribution in [3.8, 4) is 11.5 Å². The topological polar surface area (TPSA) is 52.8 Å². The number of halogens is 1. The summed E-state index contributed by atoms with van der Waals surface area (Å²) >= 11 is 1.35. The van der Waals surface area contributed by atoms with Crippen LogP contribution in [0.2, 0.25) is 0 Å². The molecule has 24 heavy (non-hydrogen) atoms. The van der Waals surface area contributed by atoms with E-state index in [1.807, 2.05) is 19.2 Å². The number of aryl methyl sites for hydroxylation is 1. The van der Waals surface area contributed by atoms with E-state index in [1.165, 1.54) is 35.6 Å². The lowest BCUT2D eigenvalue weighted by molar-refractivity contribution is 0.0997. The first-order valence-electron chi connectivity index (χ1n) is 7.09. The summed E-state index contributed by atoms with van der Waals surface area (Å²) in [4.78, 5) is 16.9. The molecule has 0 saturated heterocycles. The molecule has 1 aromatic heterocycles. The SMILES string of the molecule is COc1cc2sc(=NC(=O)c3cccc(F)c3)n(C)c2cc1OC. The molecule has 1 heterocycles. The number of benzene rings is 2. The van der Waals surface area contributed by atoms with Gasteiger partial charge in [-0.1, -0.05) is 17.4 Å². The van der Waals surface area contributed by atoms with Gasteiger partial charge in [0.15, 0.2) is 16.3 Å². The van der Waals surface area contributed by atoms with Gasteiger partial charge in [0.25, 0.3) is 5.91 Å². The predicted octanol–water partition coefficient (Wildman–Crippen LogP) is 3.14. The minimum atomic E-state index is -0.490. The third-order valence-electron chi connectivity index (χ3n) is 3.58. The van der Waals surface area contributed by atoms with Crippen molar-refractivity contribution in [3.05, 3.63) is 52.6 Å². The highest BCUT2D eigenvalue weighted by Crippen LogP contribution is 2.33. The summed E-state index contributed by atoms with van der Waals surface area (Å²) in [6.07, 6.45) is 0. The van der Waals surface area contributed by atoms with Gasteiger partial charge in [-0.05, 0) is 18.2 Å². The minimum Gasteiger partial charge on any atom is -0.493 e. The van der Waals surface area contributed by atoms with Gasteiger partial charge in [-0.25, -0.2) is 4.39 Å². The van der Waals surface area contributed by atoms with Gasteiger partial charge in [0.05, 0.1) is 24.4 Å². The van der Waals surface area contributed by atoms with Crippen LogP contribution in [0.5, 0.6) is 11.5 Å². The zero-order valence-corrected chi connectivity index (χ0v) is 14.2. The fraction of sp³-hybridized carbons (Fsp3) is 0.176. The number of nitrogens with zero attached hydrogens (tertiary/aromatic N) is 2. The second-order valence-electron chi connectivity index (χ2n) is 5.05. The molecule has 0 unspecified atom stereocenters. The molecule has 0 atom stereocenters. The fourth-order valence-corrected chi connectivity index (χ4v) is 3.36. The van der Waals surface area contributed by atoms with Crippen molar-refractivity contribution in [3.63, 3.8) is 0 Å². The maximum absolute atomic E-state index is 13.3. The molecule has 2 aromatic carbocycles. The Kier molecular flexibility index (Phi) is 4.35. The quantitative estimate of drug-likeness (QED) is 0.732. The molecular formula is C17H15FN2O3S. The number of thiazole rings is 1. The van der Waals surface area contributed by atoms with Gasteiger partial charge in [0.1, 0.15) is 5.82 Å². The molecule has 7 heteroatoms. The molecule has 0 spiro atoms. The van der Waals surface area contributed by atoms with E-state index >= 15 is 0 Å². The fourth-order valence-electron chi connectivity index (χ4n) is 2.33. The highest BCUT2D eigenvalue weighted by atomic mass is 32.1. The van der Waals surface area contributed by atoms with E-state index in [0.717, 1.165) is 10.2 Å². The molecule has 0 fully saturated rings. The van der Waals surface area contributed by atoms with Crippen molar-refractivity contribution in [2.24, 2.45) is 12.0 Å². The summed E-state index contributed by atoms with van der Waals surface area (Å²) < 4.78 is 26.5. The van der Waals surface area contributed by atoms with E-state index in [9.17, 15) is 9.18 Å². The van der Waals surface area contributed by atoms with Crippen LogP contribution in [0.25, 0.3) is 10.2 Å². The summed E-state index contributed by atoms with van der Waals surface area (Å²) in [7, 11) is 4.94.